The second-order valence-electron chi connectivity index (χ2n) is 32.4. The molecule has 5 aliphatic carbocycles. The predicted octanol–water partition coefficient (Wildman–Crippen LogP) is -0.236. The van der Waals surface area contributed by atoms with Gasteiger partial charge in [-0.3, -0.25) is 14.4 Å². The molecule has 28 heteroatoms. The predicted molar refractivity (Wildman–Crippen MR) is 344 cm³/mol. The first-order valence-electron chi connectivity index (χ1n) is 35.8. The van der Waals surface area contributed by atoms with Crippen LogP contribution >= 0.6 is 0 Å². The van der Waals surface area contributed by atoms with Crippen LogP contribution in [-0.4, -0.2) is 262 Å². The maximum absolute atomic E-state index is 15.9. The number of esters is 1. The van der Waals surface area contributed by atoms with Crippen molar-refractivity contribution in [3.05, 3.63) is 11.6 Å². The number of amides is 2. The third kappa shape index (κ3) is 14.9. The third-order valence-electron chi connectivity index (χ3n) is 25.9. The first-order chi connectivity index (χ1) is 45.9. The number of ether oxygens (including phenoxy) is 8. The van der Waals surface area contributed by atoms with Gasteiger partial charge in [0.25, 0.3) is 0 Å². The molecule has 2 amide bonds. The van der Waals surface area contributed by atoms with Gasteiger partial charge in [0.2, 0.25) is 18.1 Å². The van der Waals surface area contributed by atoms with Crippen LogP contribution in [0.1, 0.15) is 172 Å². The van der Waals surface area contributed by atoms with Crippen molar-refractivity contribution in [3.8, 4) is 0 Å². The number of fused-ring (bicyclic) bond motifs is 7. The number of hydrogen-bond acceptors (Lipinski definition) is 26. The van der Waals surface area contributed by atoms with Crippen LogP contribution < -0.4 is 10.6 Å². The van der Waals surface area contributed by atoms with Gasteiger partial charge in [0.15, 0.2) is 25.0 Å². The Hall–Kier alpha value is -3.02. The van der Waals surface area contributed by atoms with E-state index in [4.69, 9.17) is 37.9 Å². The van der Waals surface area contributed by atoms with E-state index in [1.54, 1.807) is 0 Å². The van der Waals surface area contributed by atoms with E-state index in [0.717, 1.165) is 11.9 Å². The van der Waals surface area contributed by atoms with Crippen LogP contribution in [0.25, 0.3) is 0 Å². The average molecular weight is 1400 g/mol. The molecule has 0 bridgehead atoms. The van der Waals surface area contributed by atoms with Crippen molar-refractivity contribution in [2.45, 2.75) is 320 Å². The quantitative estimate of drug-likeness (QED) is 0.0319. The number of aliphatic hydroxyl groups excluding tert-OH is 14. The molecule has 34 atom stereocenters. The fourth-order valence-corrected chi connectivity index (χ4v) is 19.0. The molecular formula is C70H116N2O26. The second-order valence-corrected chi connectivity index (χ2v) is 32.4. The summed E-state index contributed by atoms with van der Waals surface area (Å²) in [4.78, 5) is 56.7. The molecule has 562 valence electrons. The summed E-state index contributed by atoms with van der Waals surface area (Å²) in [6.07, 6.45) is -26.0. The lowest BCUT2D eigenvalue weighted by molar-refractivity contribution is -0.370. The summed E-state index contributed by atoms with van der Waals surface area (Å²) in [7, 11) is 0. The topological polar surface area (TPSA) is 449 Å². The zero-order valence-corrected chi connectivity index (χ0v) is 58.8. The summed E-state index contributed by atoms with van der Waals surface area (Å²) in [5.41, 5.74) is -3.33. The van der Waals surface area contributed by atoms with Crippen LogP contribution in [0.3, 0.4) is 0 Å². The lowest BCUT2D eigenvalue weighted by atomic mass is 9.33. The standard InChI is InChI=1S/C70H116N2O26/c1-12-32(3)39(71-48(81)25-36(77)23-41(33(4)13-2)93-62-56(88)52(84)43(29-74)95-62)22-35(76)24-49(82)72-50-42(28-73)94-63(59(53(50)85)97-61-57(89)54(86)58(34(5)92-61)96-60-55(87)51(83)40(78)30-91-60)98-64(90)70-21-20-65(6,7)26-38(70)37-14-15-45-66(8)18-17-46(79)67(9,31-75)44(66)16-19-68(45,10)69(37,11)27-47(70)80/h14,31-36,38-47,50-63,73-74,76-80,83-89H,12-13,15-30H2,1-11H3,(H,71,81)(H,72,82)/t32-,33-,34?,35-,36-,38?,39-,40+,41-,42?,43-,44+,45?,46-,47-,50-,51?,52?,53?,54?,55?,56?,57?,58-,59?,60-,61-,62+,63-,66?,67+,68-,69+,70+/m0/s1. The largest absolute Gasteiger partial charge is 0.432 e. The minimum Gasteiger partial charge on any atom is -0.432 e. The summed E-state index contributed by atoms with van der Waals surface area (Å²) in [5, 5.41) is 162. The van der Waals surface area contributed by atoms with Crippen molar-refractivity contribution >= 4 is 24.1 Å². The van der Waals surface area contributed by atoms with E-state index in [0.29, 0.717) is 57.8 Å². The van der Waals surface area contributed by atoms with E-state index < -0.39 is 225 Å². The van der Waals surface area contributed by atoms with Crippen molar-refractivity contribution in [1.29, 1.82) is 0 Å². The molecule has 0 spiro atoms. The zero-order valence-electron chi connectivity index (χ0n) is 58.8. The highest BCUT2D eigenvalue weighted by atomic mass is 16.8. The normalized spacial score (nSPS) is 46.5. The van der Waals surface area contributed by atoms with E-state index in [9.17, 15) is 85.9 Å². The second kappa shape index (κ2) is 31.0. The molecule has 4 saturated heterocycles. The van der Waals surface area contributed by atoms with Gasteiger partial charge in [0.1, 0.15) is 78.8 Å². The molecule has 0 aromatic heterocycles. The van der Waals surface area contributed by atoms with Crippen LogP contribution in [0.2, 0.25) is 0 Å². The Morgan fingerprint density at radius 1 is 0.663 bits per heavy atom. The lowest BCUT2D eigenvalue weighted by Crippen LogP contribution is -2.69. The van der Waals surface area contributed by atoms with Crippen LogP contribution in [0, 0.1) is 62.1 Å². The van der Waals surface area contributed by atoms with E-state index in [-0.39, 0.29) is 60.2 Å². The first kappa shape index (κ1) is 79.1. The van der Waals surface area contributed by atoms with Gasteiger partial charge in [-0.15, -0.1) is 0 Å². The van der Waals surface area contributed by atoms with Crippen LogP contribution in [0.4, 0.5) is 0 Å². The molecular weight excluding hydrogens is 1280 g/mol. The Balaban J connectivity index is 0.942. The number of aliphatic hydroxyl groups is 14. The zero-order chi connectivity index (χ0) is 72.3. The maximum atomic E-state index is 15.9. The summed E-state index contributed by atoms with van der Waals surface area (Å²) in [6.45, 7) is 19.7. The van der Waals surface area contributed by atoms with Gasteiger partial charge in [-0.25, -0.2) is 0 Å². The van der Waals surface area contributed by atoms with E-state index >= 15 is 4.79 Å². The van der Waals surface area contributed by atoms with Gasteiger partial charge in [-0.05, 0) is 122 Å². The Labute approximate surface area is 574 Å². The monoisotopic (exact) mass is 1400 g/mol. The number of nitrogens with one attached hydrogen (secondary N) is 2. The molecule has 4 aliphatic heterocycles. The molecule has 0 aromatic rings. The summed E-state index contributed by atoms with van der Waals surface area (Å²) < 4.78 is 48.1. The molecule has 13 unspecified atom stereocenters. The number of rotatable bonds is 25. The van der Waals surface area contributed by atoms with Crippen molar-refractivity contribution in [3.63, 3.8) is 0 Å². The lowest BCUT2D eigenvalue weighted by Gasteiger charge is -2.71. The van der Waals surface area contributed by atoms with Crippen LogP contribution in [0.5, 0.6) is 0 Å². The third-order valence-corrected chi connectivity index (χ3v) is 25.9. The molecule has 8 fully saturated rings. The molecule has 4 saturated carbocycles. The molecule has 4 heterocycles. The van der Waals surface area contributed by atoms with Gasteiger partial charge < -0.3 is 125 Å². The minimum atomic E-state index is -2.05. The molecule has 28 nitrogen and oxygen atoms in total. The Morgan fingerprint density at radius 3 is 1.93 bits per heavy atom. The van der Waals surface area contributed by atoms with Gasteiger partial charge >= 0.3 is 5.97 Å². The van der Waals surface area contributed by atoms with Crippen molar-refractivity contribution in [2.24, 2.45) is 62.1 Å². The number of allylic oxidation sites excluding steroid dienone is 2. The average Bonchev–Trinajstić information content (AvgIpc) is 0.746. The minimum absolute atomic E-state index is 0.0495. The van der Waals surface area contributed by atoms with E-state index in [1.807, 2.05) is 34.6 Å². The van der Waals surface area contributed by atoms with E-state index in [2.05, 4.69) is 51.3 Å². The number of carbonyl (C=O) groups excluding carboxylic acids is 4. The van der Waals surface area contributed by atoms with Crippen molar-refractivity contribution in [1.82, 2.24) is 10.6 Å². The van der Waals surface area contributed by atoms with Crippen LogP contribution in [-0.2, 0) is 57.1 Å². The Kier molecular flexibility index (Phi) is 25.0. The van der Waals surface area contributed by atoms with Gasteiger partial charge in [-0.1, -0.05) is 93.7 Å². The molecule has 0 aromatic carbocycles. The summed E-state index contributed by atoms with van der Waals surface area (Å²) >= 11 is 0. The first-order valence-corrected chi connectivity index (χ1v) is 35.8. The smallest absolute Gasteiger partial charge is 0.317 e. The van der Waals surface area contributed by atoms with Crippen molar-refractivity contribution in [2.75, 3.05) is 19.8 Å². The highest BCUT2D eigenvalue weighted by Gasteiger charge is 2.72. The molecule has 9 aliphatic rings. The fraction of sp³-hybridized carbons (Fsp3) is 0.914. The molecule has 98 heavy (non-hydrogen) atoms. The van der Waals surface area contributed by atoms with Gasteiger partial charge in [0, 0.05) is 12.5 Å². The highest BCUT2D eigenvalue weighted by Crippen LogP contribution is 2.76. The van der Waals surface area contributed by atoms with E-state index in [1.165, 1.54) is 6.92 Å². The molecule has 0 radical (unpaired) electrons. The summed E-state index contributed by atoms with van der Waals surface area (Å²) in [5.74, 6) is -3.49. The Morgan fingerprint density at radius 2 is 1.29 bits per heavy atom. The van der Waals surface area contributed by atoms with Gasteiger partial charge in [-0.2, -0.15) is 0 Å². The maximum Gasteiger partial charge on any atom is 0.317 e. The SMILES string of the molecule is CC[C@H](C)[C@H](C[C@H](O)CC(=O)N[C@H]1C(CO)O[C@@H](OC(=O)[C@]23CCC(C)(C)CC2C2=CCC4C5(C)CC[C@H](O)[C@](C)(C=O)[C@@H]5CC[C@]4(C)[C@]2(C)C[C@@H]3O)C(O[C@@H]2OC(C)[C@H](O[C@@H]3OC[C@@H](O)C(O)C3O)C(O)C2O)C1O)NC(=O)C[C@@H](O)C[C@H](O[C@@H]1O[C@@H](CO)C(O)C1O)[C@@H](C)CC. The number of aldehydes is 1. The molecule has 16 N–H and O–H groups in total. The van der Waals surface area contributed by atoms with Crippen LogP contribution in [0.15, 0.2) is 11.6 Å². The fourth-order valence-electron chi connectivity index (χ4n) is 19.0. The summed E-state index contributed by atoms with van der Waals surface area (Å²) in [6, 6.07) is -2.37. The highest BCUT2D eigenvalue weighted by molar-refractivity contribution is 5.80. The molecule has 9 rings (SSSR count). The number of hydrogen-bond donors (Lipinski definition) is 16. The van der Waals surface area contributed by atoms with Gasteiger partial charge in [0.05, 0.1) is 80.7 Å². The number of carbonyl (C=O) groups is 4. The van der Waals surface area contributed by atoms with Crippen molar-refractivity contribution < 1.29 is 129 Å². The Bertz CT molecular complexity index is 2770.